The predicted octanol–water partition coefficient (Wildman–Crippen LogP) is 2.52. The van der Waals surface area contributed by atoms with Crippen LogP contribution in [-0.2, 0) is 0 Å². The van der Waals surface area contributed by atoms with E-state index in [0.29, 0.717) is 5.03 Å². The highest BCUT2D eigenvalue weighted by atomic mass is 35.5. The summed E-state index contributed by atoms with van der Waals surface area (Å²) < 4.78 is 0. The van der Waals surface area contributed by atoms with Crippen LogP contribution in [0.2, 0.25) is 0 Å². The zero-order chi connectivity index (χ0) is 11.7. The summed E-state index contributed by atoms with van der Waals surface area (Å²) in [4.78, 5) is 0. The molecule has 0 heterocycles. The average molecular weight is 229 g/mol. The molecule has 1 aliphatic carbocycles. The second-order valence-electron chi connectivity index (χ2n) is 4.24. The van der Waals surface area contributed by atoms with Crippen LogP contribution in [0.25, 0.3) is 0 Å². The van der Waals surface area contributed by atoms with Crippen molar-refractivity contribution in [1.82, 2.24) is 0 Å². The first-order valence-corrected chi connectivity index (χ1v) is 5.33. The van der Waals surface area contributed by atoms with Crippen molar-refractivity contribution in [3.63, 3.8) is 0 Å². The van der Waals surface area contributed by atoms with E-state index in [9.17, 15) is 10.2 Å². The number of hydrogen-bond donors (Lipinski definition) is 2. The van der Waals surface area contributed by atoms with Gasteiger partial charge < -0.3 is 10.2 Å². The van der Waals surface area contributed by atoms with Gasteiger partial charge in [0.1, 0.15) is 12.2 Å². The quantitative estimate of drug-likeness (QED) is 0.669. The molecule has 0 aromatic heterocycles. The zero-order valence-corrected chi connectivity index (χ0v) is 10.3. The van der Waals surface area contributed by atoms with E-state index in [1.54, 1.807) is 0 Å². The molecule has 0 unspecified atom stereocenters. The molecule has 0 aromatic carbocycles. The highest BCUT2D eigenvalue weighted by Crippen LogP contribution is 2.36. The molecule has 2 N–H and O–H groups in total. The summed E-state index contributed by atoms with van der Waals surface area (Å²) in [5, 5.41) is 20.0. The van der Waals surface area contributed by atoms with Gasteiger partial charge in [-0.2, -0.15) is 0 Å². The van der Waals surface area contributed by atoms with Crippen molar-refractivity contribution < 1.29 is 10.2 Å². The Bertz CT molecular complexity index is 356. The number of allylic oxidation sites excluding steroid dienone is 3. The van der Waals surface area contributed by atoms with Crippen molar-refractivity contribution in [2.75, 3.05) is 0 Å². The molecule has 0 saturated heterocycles. The molecule has 0 amide bonds. The lowest BCUT2D eigenvalue weighted by atomic mass is 9.85. The fraction of sp³-hybridized carbons (Fsp3) is 0.500. The molecular formula is C12H17ClO2. The Morgan fingerprint density at radius 3 is 2.07 bits per heavy atom. The monoisotopic (exact) mass is 228 g/mol. The summed E-state index contributed by atoms with van der Waals surface area (Å²) >= 11 is 6.07. The van der Waals surface area contributed by atoms with Crippen LogP contribution in [0, 0.1) is 0 Å². The van der Waals surface area contributed by atoms with Crippen LogP contribution in [0.4, 0.5) is 0 Å². The molecule has 0 saturated carbocycles. The first-order chi connectivity index (χ1) is 6.86. The lowest BCUT2D eigenvalue weighted by Gasteiger charge is -2.28. The van der Waals surface area contributed by atoms with Crippen molar-refractivity contribution in [1.29, 1.82) is 0 Å². The molecule has 0 radical (unpaired) electrons. The van der Waals surface area contributed by atoms with Crippen molar-refractivity contribution in [3.05, 3.63) is 33.4 Å². The molecule has 0 fully saturated rings. The van der Waals surface area contributed by atoms with Crippen molar-refractivity contribution in [3.8, 4) is 0 Å². The van der Waals surface area contributed by atoms with Gasteiger partial charge >= 0.3 is 0 Å². The number of rotatable bonds is 0. The topological polar surface area (TPSA) is 40.5 Å². The maximum absolute atomic E-state index is 9.90. The lowest BCUT2D eigenvalue weighted by Crippen LogP contribution is -2.31. The van der Waals surface area contributed by atoms with Crippen LogP contribution in [0.1, 0.15) is 27.7 Å². The van der Waals surface area contributed by atoms with E-state index in [1.165, 1.54) is 6.08 Å². The molecule has 2 nitrogen and oxygen atoms in total. The molecule has 2 atom stereocenters. The van der Waals surface area contributed by atoms with Crippen molar-refractivity contribution in [2.45, 2.75) is 39.9 Å². The first-order valence-electron chi connectivity index (χ1n) is 4.95. The van der Waals surface area contributed by atoms with Gasteiger partial charge in [0.05, 0.1) is 0 Å². The predicted molar refractivity (Wildman–Crippen MR) is 62.7 cm³/mol. The molecule has 1 aliphatic rings. The molecule has 0 spiro atoms. The molecule has 0 bridgehead atoms. The van der Waals surface area contributed by atoms with Crippen LogP contribution in [0.3, 0.4) is 0 Å². The summed E-state index contributed by atoms with van der Waals surface area (Å²) in [5.74, 6) is 0. The standard InChI is InChI=1S/C12H17ClO2/c1-6(2)10-8(13)5-9(14)12(15)11(10)7(3)4/h5,9,12,14-15H,1-4H3/t9-,12+/m1/s1. The Kier molecular flexibility index (Phi) is 3.77. The maximum Gasteiger partial charge on any atom is 0.109 e. The molecule has 1 rings (SSSR count). The molecule has 0 aliphatic heterocycles. The third kappa shape index (κ3) is 2.33. The van der Waals surface area contributed by atoms with E-state index >= 15 is 0 Å². The van der Waals surface area contributed by atoms with E-state index < -0.39 is 12.2 Å². The Balaban J connectivity index is 3.43. The largest absolute Gasteiger partial charge is 0.386 e. The molecule has 15 heavy (non-hydrogen) atoms. The third-order valence-electron chi connectivity index (χ3n) is 2.48. The molecule has 3 heteroatoms. The van der Waals surface area contributed by atoms with E-state index in [0.717, 1.165) is 22.3 Å². The molecular weight excluding hydrogens is 212 g/mol. The average Bonchev–Trinajstić information content (AvgIpc) is 2.09. The van der Waals surface area contributed by atoms with E-state index in [2.05, 4.69) is 0 Å². The van der Waals surface area contributed by atoms with Gasteiger partial charge in [-0.3, -0.25) is 0 Å². The minimum Gasteiger partial charge on any atom is -0.386 e. The van der Waals surface area contributed by atoms with Crippen LogP contribution < -0.4 is 0 Å². The summed E-state index contributed by atoms with van der Waals surface area (Å²) in [7, 11) is 0. The second-order valence-corrected chi connectivity index (χ2v) is 4.65. The van der Waals surface area contributed by atoms with Gasteiger partial charge in [0, 0.05) is 5.03 Å². The summed E-state index contributed by atoms with van der Waals surface area (Å²) in [6.45, 7) is 7.70. The van der Waals surface area contributed by atoms with E-state index in [-0.39, 0.29) is 0 Å². The van der Waals surface area contributed by atoms with Gasteiger partial charge in [0.2, 0.25) is 0 Å². The Morgan fingerprint density at radius 1 is 1.13 bits per heavy atom. The first kappa shape index (κ1) is 12.5. The van der Waals surface area contributed by atoms with Gasteiger partial charge in [-0.1, -0.05) is 22.7 Å². The van der Waals surface area contributed by atoms with Gasteiger partial charge in [-0.15, -0.1) is 0 Å². The smallest absolute Gasteiger partial charge is 0.109 e. The summed E-state index contributed by atoms with van der Waals surface area (Å²) in [6.07, 6.45) is -0.297. The van der Waals surface area contributed by atoms with Gasteiger partial charge in [-0.25, -0.2) is 0 Å². The molecule has 0 aromatic rings. The minimum atomic E-state index is -0.912. The SMILES string of the molecule is CC(C)=C1C(Cl)=C[C@@H](O)[C@H](O)C1=C(C)C. The van der Waals surface area contributed by atoms with Crippen molar-refractivity contribution in [2.24, 2.45) is 0 Å². The van der Waals surface area contributed by atoms with Crippen LogP contribution in [0.5, 0.6) is 0 Å². The molecule has 84 valence electrons. The number of halogens is 1. The van der Waals surface area contributed by atoms with E-state index in [4.69, 9.17) is 11.6 Å². The van der Waals surface area contributed by atoms with Crippen LogP contribution in [0.15, 0.2) is 33.4 Å². The summed E-state index contributed by atoms with van der Waals surface area (Å²) in [5.41, 5.74) is 3.62. The van der Waals surface area contributed by atoms with Crippen LogP contribution in [-0.4, -0.2) is 22.4 Å². The lowest BCUT2D eigenvalue weighted by molar-refractivity contribution is 0.0712. The maximum atomic E-state index is 9.90. The Labute approximate surface area is 95.6 Å². The van der Waals surface area contributed by atoms with Gasteiger partial charge in [0.15, 0.2) is 0 Å². The third-order valence-corrected chi connectivity index (χ3v) is 2.80. The van der Waals surface area contributed by atoms with E-state index in [1.807, 2.05) is 27.7 Å². The van der Waals surface area contributed by atoms with Crippen molar-refractivity contribution >= 4 is 11.6 Å². The highest BCUT2D eigenvalue weighted by Gasteiger charge is 2.29. The van der Waals surface area contributed by atoms with Gasteiger partial charge in [-0.05, 0) is 44.9 Å². The fourth-order valence-corrected chi connectivity index (χ4v) is 2.25. The van der Waals surface area contributed by atoms with Crippen LogP contribution >= 0.6 is 11.6 Å². The minimum absolute atomic E-state index is 0.518. The fourth-order valence-electron chi connectivity index (χ4n) is 1.83. The Hall–Kier alpha value is -0.570. The normalized spacial score (nSPS) is 26.5. The number of aliphatic hydroxyl groups is 2. The summed E-state index contributed by atoms with van der Waals surface area (Å²) in [6, 6.07) is 0. The highest BCUT2D eigenvalue weighted by molar-refractivity contribution is 6.32. The number of aliphatic hydroxyl groups excluding tert-OH is 2. The number of hydrogen-bond acceptors (Lipinski definition) is 2. The zero-order valence-electron chi connectivity index (χ0n) is 9.50. The Morgan fingerprint density at radius 2 is 1.67 bits per heavy atom. The second kappa shape index (κ2) is 4.52. The van der Waals surface area contributed by atoms with Gasteiger partial charge in [0.25, 0.3) is 0 Å².